The minimum absolute atomic E-state index is 0.750. The van der Waals surface area contributed by atoms with Gasteiger partial charge in [-0.1, -0.05) is 0 Å². The molecule has 0 spiro atoms. The van der Waals surface area contributed by atoms with Crippen molar-refractivity contribution < 1.29 is 0 Å². The number of imidazole rings is 1. The highest BCUT2D eigenvalue weighted by molar-refractivity contribution is 5.61. The van der Waals surface area contributed by atoms with Gasteiger partial charge in [0.25, 0.3) is 0 Å². The number of aromatic nitrogens is 6. The molecule has 0 amide bonds. The molecule has 3 aromatic rings. The van der Waals surface area contributed by atoms with Gasteiger partial charge in [-0.15, -0.1) is 10.2 Å². The number of nitrogens with zero attached hydrogens (tertiary/aromatic N) is 6. The Morgan fingerprint density at radius 2 is 2.17 bits per heavy atom. The van der Waals surface area contributed by atoms with Gasteiger partial charge >= 0.3 is 0 Å². The maximum atomic E-state index is 4.26. The highest BCUT2D eigenvalue weighted by Gasteiger charge is 2.03. The molecule has 3 aromatic heterocycles. The molecule has 0 bridgehead atoms. The molecule has 7 nitrogen and oxygen atoms in total. The summed E-state index contributed by atoms with van der Waals surface area (Å²) in [7, 11) is 0. The van der Waals surface area contributed by atoms with Gasteiger partial charge in [0.2, 0.25) is 5.65 Å². The summed E-state index contributed by atoms with van der Waals surface area (Å²) in [5.41, 5.74) is 0.750. The van der Waals surface area contributed by atoms with Crippen molar-refractivity contribution in [2.75, 3.05) is 11.9 Å². The van der Waals surface area contributed by atoms with Crippen LogP contribution in [-0.2, 0) is 6.54 Å². The third kappa shape index (κ3) is 2.15. The summed E-state index contributed by atoms with van der Waals surface area (Å²) in [6.07, 6.45) is 11.8. The minimum Gasteiger partial charge on any atom is -0.367 e. The van der Waals surface area contributed by atoms with Crippen LogP contribution in [0.4, 0.5) is 5.82 Å². The average Bonchev–Trinajstić information content (AvgIpc) is 3.05. The van der Waals surface area contributed by atoms with Gasteiger partial charge < -0.3 is 9.88 Å². The number of nitrogens with one attached hydrogen (secondary N) is 1. The van der Waals surface area contributed by atoms with Crippen molar-refractivity contribution in [1.82, 2.24) is 29.1 Å². The van der Waals surface area contributed by atoms with Gasteiger partial charge in [0, 0.05) is 37.9 Å². The molecule has 0 radical (unpaired) electrons. The Kier molecular flexibility index (Phi) is 2.87. The van der Waals surface area contributed by atoms with Gasteiger partial charge in [0.05, 0.1) is 6.33 Å². The zero-order valence-electron chi connectivity index (χ0n) is 9.77. The third-order valence-corrected chi connectivity index (χ3v) is 2.66. The van der Waals surface area contributed by atoms with Crippen LogP contribution < -0.4 is 5.32 Å². The van der Waals surface area contributed by atoms with E-state index in [2.05, 4.69) is 25.5 Å². The van der Waals surface area contributed by atoms with Crippen LogP contribution in [-0.4, -0.2) is 35.7 Å². The maximum Gasteiger partial charge on any atom is 0.203 e. The highest BCUT2D eigenvalue weighted by Crippen LogP contribution is 2.09. The second kappa shape index (κ2) is 4.82. The quantitative estimate of drug-likeness (QED) is 0.672. The normalized spacial score (nSPS) is 10.9. The van der Waals surface area contributed by atoms with Crippen LogP contribution >= 0.6 is 0 Å². The smallest absolute Gasteiger partial charge is 0.203 e. The van der Waals surface area contributed by atoms with Crippen molar-refractivity contribution in [3.8, 4) is 0 Å². The van der Waals surface area contributed by atoms with Crippen molar-refractivity contribution in [2.45, 2.75) is 13.0 Å². The van der Waals surface area contributed by atoms with Crippen molar-refractivity contribution in [3.63, 3.8) is 0 Å². The van der Waals surface area contributed by atoms with Crippen LogP contribution in [0.2, 0.25) is 0 Å². The topological polar surface area (TPSA) is 72.9 Å². The monoisotopic (exact) mass is 243 g/mol. The Bertz CT molecular complexity index is 613. The van der Waals surface area contributed by atoms with E-state index in [4.69, 9.17) is 0 Å². The van der Waals surface area contributed by atoms with Crippen LogP contribution in [0.25, 0.3) is 5.65 Å². The summed E-state index contributed by atoms with van der Waals surface area (Å²) in [5.74, 6) is 0.764. The number of fused-ring (bicyclic) bond motifs is 1. The molecule has 3 heterocycles. The van der Waals surface area contributed by atoms with Gasteiger partial charge in [0.1, 0.15) is 6.33 Å². The summed E-state index contributed by atoms with van der Waals surface area (Å²) in [6, 6.07) is 0. The third-order valence-electron chi connectivity index (χ3n) is 2.66. The summed E-state index contributed by atoms with van der Waals surface area (Å²) in [4.78, 5) is 8.26. The summed E-state index contributed by atoms with van der Waals surface area (Å²) < 4.78 is 3.89. The predicted molar refractivity (Wildman–Crippen MR) is 66.1 cm³/mol. The molecule has 0 aliphatic carbocycles. The first kappa shape index (κ1) is 10.7. The van der Waals surface area contributed by atoms with Crippen LogP contribution in [0.15, 0.2) is 37.4 Å². The van der Waals surface area contributed by atoms with E-state index in [1.807, 2.05) is 27.7 Å². The van der Waals surface area contributed by atoms with E-state index < -0.39 is 0 Å². The Labute approximate surface area is 104 Å². The molecule has 0 aliphatic heterocycles. The molecular weight excluding hydrogens is 230 g/mol. The fraction of sp³-hybridized carbons (Fsp3) is 0.273. The van der Waals surface area contributed by atoms with Gasteiger partial charge in [-0.25, -0.2) is 9.97 Å². The van der Waals surface area contributed by atoms with E-state index in [1.165, 1.54) is 0 Å². The van der Waals surface area contributed by atoms with Gasteiger partial charge in [-0.05, 0) is 6.42 Å². The lowest BCUT2D eigenvalue weighted by Crippen LogP contribution is -2.08. The number of anilines is 1. The minimum atomic E-state index is 0.750. The number of hydrogen-bond donors (Lipinski definition) is 1. The summed E-state index contributed by atoms with van der Waals surface area (Å²) in [5, 5.41) is 11.1. The van der Waals surface area contributed by atoms with Gasteiger partial charge in [0.15, 0.2) is 5.82 Å². The van der Waals surface area contributed by atoms with Crippen molar-refractivity contribution >= 4 is 11.5 Å². The van der Waals surface area contributed by atoms with E-state index in [9.17, 15) is 0 Å². The van der Waals surface area contributed by atoms with Crippen molar-refractivity contribution in [2.24, 2.45) is 0 Å². The number of aryl methyl sites for hydroxylation is 1. The van der Waals surface area contributed by atoms with E-state index in [-0.39, 0.29) is 0 Å². The highest BCUT2D eigenvalue weighted by atomic mass is 15.2. The fourth-order valence-electron chi connectivity index (χ4n) is 1.77. The zero-order chi connectivity index (χ0) is 12.2. The molecule has 0 saturated heterocycles. The van der Waals surface area contributed by atoms with Crippen LogP contribution in [0, 0.1) is 0 Å². The zero-order valence-corrected chi connectivity index (χ0v) is 9.77. The molecule has 7 heteroatoms. The SMILES string of the molecule is c1cn(CCCNc2nccn3cnnc23)cn1. The van der Waals surface area contributed by atoms with Gasteiger partial charge in [-0.3, -0.25) is 4.40 Å². The number of rotatable bonds is 5. The molecule has 0 atom stereocenters. The fourth-order valence-corrected chi connectivity index (χ4v) is 1.77. The lowest BCUT2D eigenvalue weighted by molar-refractivity contribution is 0.660. The summed E-state index contributed by atoms with van der Waals surface area (Å²) in [6.45, 7) is 1.76. The van der Waals surface area contributed by atoms with E-state index in [0.29, 0.717) is 0 Å². The Morgan fingerprint density at radius 1 is 1.17 bits per heavy atom. The van der Waals surface area contributed by atoms with Crippen molar-refractivity contribution in [1.29, 1.82) is 0 Å². The molecule has 18 heavy (non-hydrogen) atoms. The maximum absolute atomic E-state index is 4.26. The molecular formula is C11H13N7. The molecule has 1 N–H and O–H groups in total. The first-order valence-electron chi connectivity index (χ1n) is 5.77. The number of hydrogen-bond acceptors (Lipinski definition) is 5. The molecule has 92 valence electrons. The predicted octanol–water partition coefficient (Wildman–Crippen LogP) is 0.823. The van der Waals surface area contributed by atoms with E-state index >= 15 is 0 Å². The molecule has 0 aromatic carbocycles. The molecule has 0 fully saturated rings. The molecule has 0 aliphatic rings. The largest absolute Gasteiger partial charge is 0.367 e. The van der Waals surface area contributed by atoms with Gasteiger partial charge in [-0.2, -0.15) is 0 Å². The van der Waals surface area contributed by atoms with Crippen molar-refractivity contribution in [3.05, 3.63) is 37.4 Å². The second-order valence-electron chi connectivity index (χ2n) is 3.92. The Hall–Kier alpha value is -2.44. The van der Waals surface area contributed by atoms with Crippen LogP contribution in [0.1, 0.15) is 6.42 Å². The lowest BCUT2D eigenvalue weighted by Gasteiger charge is -2.06. The Morgan fingerprint density at radius 3 is 3.06 bits per heavy atom. The first-order chi connectivity index (χ1) is 8.93. The van der Waals surface area contributed by atoms with E-state index in [0.717, 1.165) is 31.0 Å². The van der Waals surface area contributed by atoms with Crippen LogP contribution in [0.3, 0.4) is 0 Å². The second-order valence-corrected chi connectivity index (χ2v) is 3.92. The van der Waals surface area contributed by atoms with Crippen LogP contribution in [0.5, 0.6) is 0 Å². The Balaban J connectivity index is 1.58. The lowest BCUT2D eigenvalue weighted by atomic mass is 10.4. The molecule has 3 rings (SSSR count). The molecule has 0 unspecified atom stereocenters. The summed E-state index contributed by atoms with van der Waals surface area (Å²) >= 11 is 0. The standard InChI is InChI=1S/C11H13N7/c1(5-17-6-3-12-8-17)2-13-10-11-16-15-9-18(11)7-4-14-10/h3-4,6-9H,1-2,5H2,(H,13,14). The van der Waals surface area contributed by atoms with E-state index in [1.54, 1.807) is 18.7 Å². The molecule has 0 saturated carbocycles. The average molecular weight is 243 g/mol. The first-order valence-corrected chi connectivity index (χ1v) is 5.77.